The molecular weight excluding hydrogens is 318 g/mol. The molecule has 0 saturated heterocycles. The second-order valence-electron chi connectivity index (χ2n) is 5.39. The maximum atomic E-state index is 9.52. The van der Waals surface area contributed by atoms with Crippen molar-refractivity contribution >= 4 is 23.0 Å². The number of hydrogen-bond donors (Lipinski definition) is 0. The van der Waals surface area contributed by atoms with E-state index in [1.165, 1.54) is 16.9 Å². The first-order chi connectivity index (χ1) is 11.8. The van der Waals surface area contributed by atoms with E-state index in [-0.39, 0.29) is 0 Å². The van der Waals surface area contributed by atoms with Gasteiger partial charge in [0.05, 0.1) is 17.9 Å². The van der Waals surface area contributed by atoms with Crippen molar-refractivity contribution in [2.45, 2.75) is 6.42 Å². The summed E-state index contributed by atoms with van der Waals surface area (Å²) in [5.41, 5.74) is 4.34. The average Bonchev–Trinajstić information content (AvgIpc) is 3.29. The van der Waals surface area contributed by atoms with E-state index in [1.54, 1.807) is 6.20 Å². The fraction of sp³-hybridized carbons (Fsp3) is 0.105. The summed E-state index contributed by atoms with van der Waals surface area (Å²) in [6.07, 6.45) is 4.53. The van der Waals surface area contributed by atoms with Crippen LogP contribution in [0.4, 0.5) is 0 Å². The zero-order valence-electron chi connectivity index (χ0n) is 12.8. The molecule has 0 spiro atoms. The van der Waals surface area contributed by atoms with Crippen molar-refractivity contribution in [2.24, 2.45) is 0 Å². The molecule has 0 radical (unpaired) electrons. The molecule has 0 amide bonds. The fourth-order valence-corrected chi connectivity index (χ4v) is 3.41. The third kappa shape index (κ3) is 2.80. The summed E-state index contributed by atoms with van der Waals surface area (Å²) in [4.78, 5) is 8.86. The van der Waals surface area contributed by atoms with Gasteiger partial charge < -0.3 is 4.74 Å². The van der Waals surface area contributed by atoms with E-state index in [4.69, 9.17) is 4.74 Å². The molecule has 24 heavy (non-hydrogen) atoms. The maximum Gasteiger partial charge on any atom is 0.134 e. The fourth-order valence-electron chi connectivity index (χ4n) is 2.63. The van der Waals surface area contributed by atoms with Crippen LogP contribution < -0.4 is 4.74 Å². The second-order valence-corrected chi connectivity index (χ2v) is 6.25. The molecular formula is C19H13N3OS. The number of ether oxygens (including phenoxy) is 1. The van der Waals surface area contributed by atoms with Gasteiger partial charge in [-0.05, 0) is 41.5 Å². The standard InChI is InChI=1S/C19H13N3OS/c20-11-15(10-13-4-5-18-14(9-13)6-8-23-18)19-22-17(12-24-19)16-3-1-2-7-21-16/h1-5,7,9-10,12H,6,8H2/b15-10-. The first-order valence-corrected chi connectivity index (χ1v) is 8.46. The highest BCUT2D eigenvalue weighted by atomic mass is 32.1. The molecule has 2 aromatic heterocycles. The summed E-state index contributed by atoms with van der Waals surface area (Å²) in [5.74, 6) is 0.942. The van der Waals surface area contributed by atoms with Gasteiger partial charge in [0.25, 0.3) is 0 Å². The number of fused-ring (bicyclic) bond motifs is 1. The molecule has 0 fully saturated rings. The Morgan fingerprint density at radius 1 is 1.25 bits per heavy atom. The number of benzene rings is 1. The number of nitrogens with zero attached hydrogens (tertiary/aromatic N) is 3. The van der Waals surface area contributed by atoms with Crippen LogP contribution in [0, 0.1) is 11.3 Å². The number of nitriles is 1. The van der Waals surface area contributed by atoms with Gasteiger partial charge in [0.15, 0.2) is 0 Å². The number of aromatic nitrogens is 2. The van der Waals surface area contributed by atoms with E-state index in [9.17, 15) is 5.26 Å². The number of pyridine rings is 1. The number of allylic oxidation sites excluding steroid dienone is 1. The molecule has 0 saturated carbocycles. The van der Waals surface area contributed by atoms with Crippen molar-refractivity contribution in [1.82, 2.24) is 9.97 Å². The van der Waals surface area contributed by atoms with Crippen LogP contribution in [0.2, 0.25) is 0 Å². The van der Waals surface area contributed by atoms with E-state index < -0.39 is 0 Å². The lowest BCUT2D eigenvalue weighted by molar-refractivity contribution is 0.357. The van der Waals surface area contributed by atoms with Gasteiger partial charge in [-0.3, -0.25) is 4.98 Å². The molecule has 0 bridgehead atoms. The van der Waals surface area contributed by atoms with E-state index in [2.05, 4.69) is 22.1 Å². The van der Waals surface area contributed by atoms with Crippen molar-refractivity contribution in [3.8, 4) is 23.2 Å². The SMILES string of the molecule is N#C/C(=C/c1ccc2c(c1)CCO2)c1nc(-c2ccccn2)cs1. The van der Waals surface area contributed by atoms with Crippen molar-refractivity contribution in [3.63, 3.8) is 0 Å². The Hall–Kier alpha value is -2.97. The highest BCUT2D eigenvalue weighted by Crippen LogP contribution is 2.29. The van der Waals surface area contributed by atoms with Gasteiger partial charge in [0, 0.05) is 18.0 Å². The first-order valence-electron chi connectivity index (χ1n) is 7.58. The van der Waals surface area contributed by atoms with Crippen LogP contribution >= 0.6 is 11.3 Å². The van der Waals surface area contributed by atoms with Crippen LogP contribution in [0.15, 0.2) is 48.0 Å². The molecule has 3 aromatic rings. The minimum Gasteiger partial charge on any atom is -0.493 e. The minimum absolute atomic E-state index is 0.557. The second kappa shape index (κ2) is 6.26. The largest absolute Gasteiger partial charge is 0.493 e. The quantitative estimate of drug-likeness (QED) is 0.675. The van der Waals surface area contributed by atoms with Crippen molar-refractivity contribution in [3.05, 3.63) is 64.1 Å². The summed E-state index contributed by atoms with van der Waals surface area (Å²) >= 11 is 1.46. The predicted octanol–water partition coefficient (Wildman–Crippen LogP) is 4.20. The first kappa shape index (κ1) is 14.6. The van der Waals surface area contributed by atoms with E-state index >= 15 is 0 Å². The molecule has 3 heterocycles. The number of hydrogen-bond acceptors (Lipinski definition) is 5. The van der Waals surface area contributed by atoms with Crippen LogP contribution in [0.1, 0.15) is 16.1 Å². The van der Waals surface area contributed by atoms with E-state index in [0.717, 1.165) is 35.7 Å². The molecule has 1 aliphatic heterocycles. The topological polar surface area (TPSA) is 58.8 Å². The molecule has 116 valence electrons. The monoisotopic (exact) mass is 331 g/mol. The third-order valence-corrected chi connectivity index (χ3v) is 4.68. The molecule has 1 aromatic carbocycles. The van der Waals surface area contributed by atoms with Crippen molar-refractivity contribution < 1.29 is 4.74 Å². The molecule has 0 aliphatic carbocycles. The van der Waals surface area contributed by atoms with Gasteiger partial charge in [-0.2, -0.15) is 5.26 Å². The summed E-state index contributed by atoms with van der Waals surface area (Å²) in [6.45, 7) is 0.730. The molecule has 0 atom stereocenters. The Bertz CT molecular complexity index is 954. The van der Waals surface area contributed by atoms with Crippen molar-refractivity contribution in [2.75, 3.05) is 6.61 Å². The van der Waals surface area contributed by atoms with E-state index in [0.29, 0.717) is 10.6 Å². The Morgan fingerprint density at radius 3 is 3.04 bits per heavy atom. The van der Waals surface area contributed by atoms with Crippen LogP contribution in [-0.2, 0) is 6.42 Å². The summed E-state index contributed by atoms with van der Waals surface area (Å²) < 4.78 is 5.52. The molecule has 0 N–H and O–H groups in total. The molecule has 4 rings (SSSR count). The number of thiazole rings is 1. The van der Waals surface area contributed by atoms with Gasteiger partial charge in [-0.25, -0.2) is 4.98 Å². The normalized spacial score (nSPS) is 13.2. The summed E-state index contributed by atoms with van der Waals surface area (Å²) in [5, 5.41) is 12.2. The average molecular weight is 331 g/mol. The Balaban J connectivity index is 1.67. The summed E-state index contributed by atoms with van der Waals surface area (Å²) in [7, 11) is 0. The Labute approximate surface area is 143 Å². The predicted molar refractivity (Wildman–Crippen MR) is 94.5 cm³/mol. The number of rotatable bonds is 3. The van der Waals surface area contributed by atoms with Crippen LogP contribution in [0.3, 0.4) is 0 Å². The lowest BCUT2D eigenvalue weighted by Crippen LogP contribution is -1.85. The lowest BCUT2D eigenvalue weighted by atomic mass is 10.1. The minimum atomic E-state index is 0.557. The van der Waals surface area contributed by atoms with Gasteiger partial charge in [0.1, 0.15) is 22.5 Å². The highest BCUT2D eigenvalue weighted by Gasteiger charge is 2.13. The zero-order valence-corrected chi connectivity index (χ0v) is 13.6. The van der Waals surface area contributed by atoms with Crippen LogP contribution in [0.25, 0.3) is 23.0 Å². The zero-order chi connectivity index (χ0) is 16.4. The van der Waals surface area contributed by atoms with Gasteiger partial charge in [-0.15, -0.1) is 11.3 Å². The van der Waals surface area contributed by atoms with E-state index in [1.807, 2.05) is 41.8 Å². The van der Waals surface area contributed by atoms with Crippen LogP contribution in [-0.4, -0.2) is 16.6 Å². The molecule has 5 heteroatoms. The van der Waals surface area contributed by atoms with Gasteiger partial charge in [-0.1, -0.05) is 12.1 Å². The molecule has 4 nitrogen and oxygen atoms in total. The maximum absolute atomic E-state index is 9.52. The van der Waals surface area contributed by atoms with Crippen LogP contribution in [0.5, 0.6) is 5.75 Å². The van der Waals surface area contributed by atoms with Gasteiger partial charge >= 0.3 is 0 Å². The third-order valence-electron chi connectivity index (χ3n) is 3.81. The highest BCUT2D eigenvalue weighted by molar-refractivity contribution is 7.11. The molecule has 1 aliphatic rings. The smallest absolute Gasteiger partial charge is 0.134 e. The molecule has 0 unspecified atom stereocenters. The Kier molecular flexibility index (Phi) is 3.81. The lowest BCUT2D eigenvalue weighted by Gasteiger charge is -2.00. The van der Waals surface area contributed by atoms with Gasteiger partial charge in [0.2, 0.25) is 0 Å². The Morgan fingerprint density at radius 2 is 2.21 bits per heavy atom. The summed E-state index contributed by atoms with van der Waals surface area (Å²) in [6, 6.07) is 14.0. The van der Waals surface area contributed by atoms with Crippen molar-refractivity contribution in [1.29, 1.82) is 5.26 Å².